The molecule has 0 atom stereocenters. The third kappa shape index (κ3) is 4.25. The van der Waals surface area contributed by atoms with E-state index in [9.17, 15) is 10.1 Å². The maximum absolute atomic E-state index is 10.9. The van der Waals surface area contributed by atoms with E-state index in [4.69, 9.17) is 16.7 Å². The minimum absolute atomic E-state index is 0.00907. The highest BCUT2D eigenvalue weighted by Gasteiger charge is 2.19. The fourth-order valence-corrected chi connectivity index (χ4v) is 1.73. The lowest BCUT2D eigenvalue weighted by Crippen LogP contribution is -2.39. The molecule has 0 saturated heterocycles. The van der Waals surface area contributed by atoms with Crippen LogP contribution >= 0.6 is 11.6 Å². The quantitative estimate of drug-likeness (QED) is 0.616. The van der Waals surface area contributed by atoms with E-state index >= 15 is 0 Å². The summed E-state index contributed by atoms with van der Waals surface area (Å²) in [6.45, 7) is 4.30. The number of aliphatic hydroxyl groups excluding tert-OH is 1. The molecule has 0 aromatic heterocycles. The molecule has 0 unspecified atom stereocenters. The smallest absolute Gasteiger partial charge is 0.275 e. The Morgan fingerprint density at radius 2 is 2.17 bits per heavy atom. The number of nitro groups is 1. The average molecular weight is 273 g/mol. The number of benzene rings is 1. The molecule has 0 spiro atoms. The lowest BCUT2D eigenvalue weighted by Gasteiger charge is -2.25. The first kappa shape index (κ1) is 14.9. The Labute approximate surface area is 111 Å². The molecule has 6 heteroatoms. The van der Waals surface area contributed by atoms with E-state index in [1.165, 1.54) is 6.07 Å². The molecule has 0 aliphatic heterocycles. The molecular formula is C12H17ClN2O3. The molecule has 0 aliphatic carbocycles. The van der Waals surface area contributed by atoms with Crippen LogP contribution in [-0.2, 0) is 6.54 Å². The molecule has 0 amide bonds. The standard InChI is InChI=1S/C12H17ClN2O3/c1-12(2,5-6-16)14-8-9-3-4-10(13)7-11(9)15(17)18/h3-4,7,14,16H,5-6,8H2,1-2H3. The number of nitrogens with zero attached hydrogens (tertiary/aromatic N) is 1. The summed E-state index contributed by atoms with van der Waals surface area (Å²) in [7, 11) is 0. The second kappa shape index (κ2) is 6.13. The van der Waals surface area contributed by atoms with Gasteiger partial charge >= 0.3 is 0 Å². The normalized spacial score (nSPS) is 11.6. The third-order valence-electron chi connectivity index (χ3n) is 2.74. The monoisotopic (exact) mass is 272 g/mol. The van der Waals surface area contributed by atoms with Gasteiger partial charge in [-0.25, -0.2) is 0 Å². The first-order valence-corrected chi connectivity index (χ1v) is 6.02. The summed E-state index contributed by atoms with van der Waals surface area (Å²) >= 11 is 5.74. The summed E-state index contributed by atoms with van der Waals surface area (Å²) in [5, 5.41) is 23.3. The van der Waals surface area contributed by atoms with E-state index in [1.54, 1.807) is 12.1 Å². The van der Waals surface area contributed by atoms with Gasteiger partial charge in [0.15, 0.2) is 0 Å². The van der Waals surface area contributed by atoms with Gasteiger partial charge in [0.2, 0.25) is 0 Å². The van der Waals surface area contributed by atoms with Gasteiger partial charge in [0, 0.05) is 35.3 Å². The minimum atomic E-state index is -0.443. The first-order valence-electron chi connectivity index (χ1n) is 5.64. The highest BCUT2D eigenvalue weighted by molar-refractivity contribution is 6.30. The van der Waals surface area contributed by atoms with Gasteiger partial charge in [0.25, 0.3) is 5.69 Å². The predicted molar refractivity (Wildman–Crippen MR) is 70.7 cm³/mol. The van der Waals surface area contributed by atoms with Crippen LogP contribution in [0.25, 0.3) is 0 Å². The summed E-state index contributed by atoms with van der Waals surface area (Å²) in [6.07, 6.45) is 0.578. The van der Waals surface area contributed by atoms with Gasteiger partial charge in [-0.3, -0.25) is 10.1 Å². The molecule has 0 radical (unpaired) electrons. The van der Waals surface area contributed by atoms with Crippen LogP contribution in [-0.4, -0.2) is 22.2 Å². The molecule has 100 valence electrons. The lowest BCUT2D eigenvalue weighted by molar-refractivity contribution is -0.385. The molecule has 0 fully saturated rings. The van der Waals surface area contributed by atoms with Crippen molar-refractivity contribution in [1.29, 1.82) is 0 Å². The summed E-state index contributed by atoms with van der Waals surface area (Å²) in [4.78, 5) is 10.5. The average Bonchev–Trinajstić information content (AvgIpc) is 2.27. The Morgan fingerprint density at radius 3 is 2.72 bits per heavy atom. The van der Waals surface area contributed by atoms with Gasteiger partial charge in [-0.05, 0) is 32.4 Å². The van der Waals surface area contributed by atoms with E-state index in [0.717, 1.165) is 0 Å². The minimum Gasteiger partial charge on any atom is -0.396 e. The lowest BCUT2D eigenvalue weighted by atomic mass is 10.0. The second-order valence-corrected chi connectivity index (χ2v) is 5.18. The molecular weight excluding hydrogens is 256 g/mol. The fraction of sp³-hybridized carbons (Fsp3) is 0.500. The van der Waals surface area contributed by atoms with Crippen molar-refractivity contribution in [3.05, 3.63) is 38.9 Å². The van der Waals surface area contributed by atoms with Crippen molar-refractivity contribution in [3.63, 3.8) is 0 Å². The number of aliphatic hydroxyl groups is 1. The molecule has 0 saturated carbocycles. The maximum Gasteiger partial charge on any atom is 0.275 e. The molecule has 1 aromatic carbocycles. The van der Waals surface area contributed by atoms with E-state index in [1.807, 2.05) is 13.8 Å². The molecule has 1 rings (SSSR count). The largest absolute Gasteiger partial charge is 0.396 e. The van der Waals surface area contributed by atoms with Crippen LogP contribution in [0.15, 0.2) is 18.2 Å². The van der Waals surface area contributed by atoms with E-state index in [-0.39, 0.29) is 17.8 Å². The zero-order chi connectivity index (χ0) is 13.8. The molecule has 18 heavy (non-hydrogen) atoms. The van der Waals surface area contributed by atoms with Crippen LogP contribution in [0.1, 0.15) is 25.8 Å². The zero-order valence-corrected chi connectivity index (χ0v) is 11.2. The Kier molecular flexibility index (Phi) is 5.07. The van der Waals surface area contributed by atoms with Crippen LogP contribution in [0, 0.1) is 10.1 Å². The number of nitro benzene ring substituents is 1. The van der Waals surface area contributed by atoms with Gasteiger partial charge in [0.1, 0.15) is 0 Å². The number of halogens is 1. The highest BCUT2D eigenvalue weighted by atomic mass is 35.5. The molecule has 2 N–H and O–H groups in total. The van der Waals surface area contributed by atoms with Crippen molar-refractivity contribution >= 4 is 17.3 Å². The van der Waals surface area contributed by atoms with Crippen LogP contribution in [0.3, 0.4) is 0 Å². The number of rotatable bonds is 6. The first-order chi connectivity index (χ1) is 8.35. The van der Waals surface area contributed by atoms with Gasteiger partial charge in [-0.1, -0.05) is 11.6 Å². The Hall–Kier alpha value is -1.17. The summed E-state index contributed by atoms with van der Waals surface area (Å²) in [6, 6.07) is 4.62. The van der Waals surface area contributed by atoms with Crippen LogP contribution < -0.4 is 5.32 Å². The Bertz CT molecular complexity index is 435. The predicted octanol–water partition coefficient (Wildman–Crippen LogP) is 2.50. The van der Waals surface area contributed by atoms with E-state index < -0.39 is 4.92 Å². The van der Waals surface area contributed by atoms with Crippen molar-refractivity contribution < 1.29 is 10.0 Å². The Morgan fingerprint density at radius 1 is 1.50 bits per heavy atom. The fourth-order valence-electron chi connectivity index (χ4n) is 1.56. The summed E-state index contributed by atoms with van der Waals surface area (Å²) in [5.41, 5.74) is 0.313. The van der Waals surface area contributed by atoms with Crippen molar-refractivity contribution in [1.82, 2.24) is 5.32 Å². The number of hydrogen-bond acceptors (Lipinski definition) is 4. The summed E-state index contributed by atoms with van der Waals surface area (Å²) < 4.78 is 0. The van der Waals surface area contributed by atoms with Gasteiger partial charge in [-0.15, -0.1) is 0 Å². The number of nitrogens with one attached hydrogen (secondary N) is 1. The molecule has 1 aromatic rings. The second-order valence-electron chi connectivity index (χ2n) is 4.74. The van der Waals surface area contributed by atoms with Crippen LogP contribution in [0.4, 0.5) is 5.69 Å². The van der Waals surface area contributed by atoms with Crippen molar-refractivity contribution in [2.45, 2.75) is 32.4 Å². The van der Waals surface area contributed by atoms with Crippen molar-refractivity contribution in [2.75, 3.05) is 6.61 Å². The maximum atomic E-state index is 10.9. The van der Waals surface area contributed by atoms with Crippen molar-refractivity contribution in [2.24, 2.45) is 0 Å². The highest BCUT2D eigenvalue weighted by Crippen LogP contribution is 2.23. The Balaban J connectivity index is 2.82. The molecule has 5 nitrogen and oxygen atoms in total. The summed E-state index contributed by atoms with van der Waals surface area (Å²) in [5.74, 6) is 0. The van der Waals surface area contributed by atoms with Gasteiger partial charge < -0.3 is 10.4 Å². The topological polar surface area (TPSA) is 75.4 Å². The molecule has 0 bridgehead atoms. The van der Waals surface area contributed by atoms with E-state index in [0.29, 0.717) is 23.6 Å². The van der Waals surface area contributed by atoms with Gasteiger partial charge in [0.05, 0.1) is 4.92 Å². The molecule has 0 heterocycles. The van der Waals surface area contributed by atoms with Crippen molar-refractivity contribution in [3.8, 4) is 0 Å². The zero-order valence-electron chi connectivity index (χ0n) is 10.4. The van der Waals surface area contributed by atoms with Gasteiger partial charge in [-0.2, -0.15) is 0 Å². The SMILES string of the molecule is CC(C)(CCO)NCc1ccc(Cl)cc1[N+](=O)[O-]. The molecule has 0 aliphatic rings. The van der Waals surface area contributed by atoms with E-state index in [2.05, 4.69) is 5.32 Å². The van der Waals surface area contributed by atoms with Crippen LogP contribution in [0.5, 0.6) is 0 Å². The van der Waals surface area contributed by atoms with Crippen LogP contribution in [0.2, 0.25) is 5.02 Å². The number of hydrogen-bond donors (Lipinski definition) is 2. The third-order valence-corrected chi connectivity index (χ3v) is 2.97.